The number of ether oxygens (including phenoxy) is 1. The van der Waals surface area contributed by atoms with Gasteiger partial charge in [0.2, 0.25) is 0 Å². The maximum absolute atomic E-state index is 13.6. The van der Waals surface area contributed by atoms with Gasteiger partial charge in [0.05, 0.1) is 15.4 Å². The van der Waals surface area contributed by atoms with Crippen LogP contribution in [0.3, 0.4) is 0 Å². The molecule has 0 radical (unpaired) electrons. The summed E-state index contributed by atoms with van der Waals surface area (Å²) in [6.45, 7) is 0. The Balaban J connectivity index is 1.75. The minimum atomic E-state index is -4.82. The highest BCUT2D eigenvalue weighted by Gasteiger charge is 2.31. The third-order valence-electron chi connectivity index (χ3n) is 5.25. The second-order valence-corrected chi connectivity index (χ2v) is 9.81. The Hall–Kier alpha value is -3.50. The van der Waals surface area contributed by atoms with E-state index in [0.29, 0.717) is 22.1 Å². The highest BCUT2D eigenvalue weighted by Crippen LogP contribution is 2.33. The van der Waals surface area contributed by atoms with Gasteiger partial charge in [-0.05, 0) is 53.4 Å². The minimum Gasteiger partial charge on any atom is -0.481 e. The highest BCUT2D eigenvalue weighted by molar-refractivity contribution is 7.90. The van der Waals surface area contributed by atoms with E-state index in [4.69, 9.17) is 16.7 Å². The number of alkyl halides is 3. The average molecular weight is 524 g/mol. The number of aryl methyl sites for hydroxylation is 1. The van der Waals surface area contributed by atoms with Crippen LogP contribution in [0.2, 0.25) is 5.02 Å². The van der Waals surface area contributed by atoms with E-state index in [1.807, 2.05) is 0 Å². The van der Waals surface area contributed by atoms with Crippen molar-refractivity contribution in [3.8, 4) is 16.9 Å². The molecule has 11 heteroatoms. The molecule has 0 aliphatic heterocycles. The van der Waals surface area contributed by atoms with Crippen molar-refractivity contribution in [1.82, 2.24) is 3.97 Å². The summed E-state index contributed by atoms with van der Waals surface area (Å²) in [6, 6.07) is 15.8. The van der Waals surface area contributed by atoms with Crippen LogP contribution in [0.1, 0.15) is 12.0 Å². The van der Waals surface area contributed by atoms with Crippen molar-refractivity contribution in [2.45, 2.75) is 24.1 Å². The first-order valence-electron chi connectivity index (χ1n) is 10.2. The van der Waals surface area contributed by atoms with Gasteiger partial charge in [-0.15, -0.1) is 13.2 Å². The van der Waals surface area contributed by atoms with Gasteiger partial charge in [-0.1, -0.05) is 48.0 Å². The van der Waals surface area contributed by atoms with E-state index in [-0.39, 0.29) is 28.3 Å². The number of halogens is 4. The second kappa shape index (κ2) is 9.27. The van der Waals surface area contributed by atoms with Gasteiger partial charge < -0.3 is 9.84 Å². The Morgan fingerprint density at radius 2 is 1.69 bits per heavy atom. The number of hydrogen-bond acceptors (Lipinski definition) is 4. The summed E-state index contributed by atoms with van der Waals surface area (Å²) in [7, 11) is -4.16. The number of benzene rings is 3. The van der Waals surface area contributed by atoms with Gasteiger partial charge in [-0.3, -0.25) is 4.79 Å². The zero-order chi connectivity index (χ0) is 25.4. The summed E-state index contributed by atoms with van der Waals surface area (Å²) >= 11 is 6.33. The van der Waals surface area contributed by atoms with Crippen molar-refractivity contribution >= 4 is 38.5 Å². The predicted octanol–water partition coefficient (Wildman–Crippen LogP) is 6.11. The number of fused-ring (bicyclic) bond motifs is 1. The number of carboxylic acids is 1. The van der Waals surface area contributed by atoms with Gasteiger partial charge in [0.15, 0.2) is 0 Å². The van der Waals surface area contributed by atoms with Gasteiger partial charge in [0, 0.05) is 18.0 Å². The summed E-state index contributed by atoms with van der Waals surface area (Å²) in [5.74, 6) is -1.41. The van der Waals surface area contributed by atoms with Crippen molar-refractivity contribution in [3.05, 3.63) is 83.5 Å². The molecule has 6 nitrogen and oxygen atoms in total. The third kappa shape index (κ3) is 5.28. The third-order valence-corrected chi connectivity index (χ3v) is 7.21. The molecule has 1 aromatic heterocycles. The van der Waals surface area contributed by atoms with Crippen molar-refractivity contribution in [3.63, 3.8) is 0 Å². The maximum atomic E-state index is 13.6. The number of aromatic nitrogens is 1. The lowest BCUT2D eigenvalue weighted by atomic mass is 10.1. The monoisotopic (exact) mass is 523 g/mol. The van der Waals surface area contributed by atoms with Crippen LogP contribution in [-0.4, -0.2) is 29.8 Å². The number of nitrogens with zero attached hydrogens (tertiary/aromatic N) is 1. The Bertz CT molecular complexity index is 1510. The average Bonchev–Trinajstić information content (AvgIpc) is 3.18. The molecule has 0 aliphatic rings. The number of aliphatic carboxylic acids is 1. The van der Waals surface area contributed by atoms with Crippen LogP contribution in [0.15, 0.2) is 77.8 Å². The molecular weight excluding hydrogens is 507 g/mol. The van der Waals surface area contributed by atoms with E-state index >= 15 is 0 Å². The van der Waals surface area contributed by atoms with Crippen molar-refractivity contribution < 1.29 is 36.2 Å². The van der Waals surface area contributed by atoms with Crippen LogP contribution in [0.5, 0.6) is 5.75 Å². The maximum Gasteiger partial charge on any atom is 0.573 e. The SMILES string of the molecule is O=C(O)CCc1cn(S(=O)(=O)c2cccc(-c3ccc(OC(F)(F)F)cc3)c2)c2c(Cl)cccc12. The Labute approximate surface area is 203 Å². The molecule has 0 saturated carbocycles. The Morgan fingerprint density at radius 3 is 2.34 bits per heavy atom. The van der Waals surface area contributed by atoms with E-state index in [1.54, 1.807) is 18.2 Å². The van der Waals surface area contributed by atoms with Crippen LogP contribution in [0, 0.1) is 0 Å². The molecule has 0 aliphatic carbocycles. The van der Waals surface area contributed by atoms with E-state index in [9.17, 15) is 26.4 Å². The van der Waals surface area contributed by atoms with E-state index in [0.717, 1.165) is 16.1 Å². The zero-order valence-electron chi connectivity index (χ0n) is 17.8. The summed E-state index contributed by atoms with van der Waals surface area (Å²) in [5, 5.41) is 9.75. The van der Waals surface area contributed by atoms with Crippen LogP contribution in [0.4, 0.5) is 13.2 Å². The minimum absolute atomic E-state index is 0.0766. The molecular formula is C24H17ClF3NO5S. The first-order chi connectivity index (χ1) is 16.5. The molecule has 4 aromatic rings. The molecule has 0 spiro atoms. The molecule has 3 aromatic carbocycles. The molecule has 4 rings (SSSR count). The number of rotatable bonds is 7. The summed E-state index contributed by atoms with van der Waals surface area (Å²) in [6.07, 6.45) is -3.53. The molecule has 35 heavy (non-hydrogen) atoms. The first-order valence-corrected chi connectivity index (χ1v) is 12.0. The highest BCUT2D eigenvalue weighted by atomic mass is 35.5. The molecule has 0 fully saturated rings. The lowest BCUT2D eigenvalue weighted by molar-refractivity contribution is -0.274. The van der Waals surface area contributed by atoms with Gasteiger partial charge in [-0.2, -0.15) is 0 Å². The molecule has 1 heterocycles. The standard InChI is InChI=1S/C24H17ClF3NO5S/c25-21-6-2-5-20-17(9-12-22(30)31)14-29(23(20)21)35(32,33)19-4-1-3-16(13-19)15-7-10-18(11-8-15)34-24(26,27)28/h1-8,10-11,13-14H,9,12H2,(H,30,31). The number of carboxylic acid groups (broad SMARTS) is 1. The lowest BCUT2D eigenvalue weighted by Gasteiger charge is -2.11. The van der Waals surface area contributed by atoms with Gasteiger partial charge >= 0.3 is 12.3 Å². The van der Waals surface area contributed by atoms with E-state index < -0.39 is 28.1 Å². The number of hydrogen-bond donors (Lipinski definition) is 1. The van der Waals surface area contributed by atoms with Gasteiger partial charge in [0.1, 0.15) is 5.75 Å². The van der Waals surface area contributed by atoms with Crippen LogP contribution < -0.4 is 4.74 Å². The predicted molar refractivity (Wildman–Crippen MR) is 124 cm³/mol. The molecule has 182 valence electrons. The molecule has 0 bridgehead atoms. The van der Waals surface area contributed by atoms with Crippen molar-refractivity contribution in [2.24, 2.45) is 0 Å². The van der Waals surface area contributed by atoms with Crippen LogP contribution in [-0.2, 0) is 21.2 Å². The lowest BCUT2D eigenvalue weighted by Crippen LogP contribution is -2.16. The molecule has 0 atom stereocenters. The topological polar surface area (TPSA) is 85.6 Å². The summed E-state index contributed by atoms with van der Waals surface area (Å²) in [5.41, 5.74) is 1.69. The van der Waals surface area contributed by atoms with E-state index in [1.165, 1.54) is 42.6 Å². The molecule has 0 saturated heterocycles. The quantitative estimate of drug-likeness (QED) is 0.316. The van der Waals surface area contributed by atoms with E-state index in [2.05, 4.69) is 4.74 Å². The fraction of sp³-hybridized carbons (Fsp3) is 0.125. The summed E-state index contributed by atoms with van der Waals surface area (Å²) in [4.78, 5) is 11.0. The van der Waals surface area contributed by atoms with Crippen LogP contribution >= 0.6 is 11.6 Å². The normalized spacial score (nSPS) is 12.1. The molecule has 0 unspecified atom stereocenters. The largest absolute Gasteiger partial charge is 0.573 e. The van der Waals surface area contributed by atoms with Gasteiger partial charge in [0.25, 0.3) is 10.0 Å². The fourth-order valence-corrected chi connectivity index (χ4v) is 5.48. The van der Waals surface area contributed by atoms with Crippen LogP contribution in [0.25, 0.3) is 22.0 Å². The molecule has 1 N–H and O–H groups in total. The first kappa shape index (κ1) is 24.6. The Kier molecular flexibility index (Phi) is 6.52. The fourth-order valence-electron chi connectivity index (χ4n) is 3.70. The Morgan fingerprint density at radius 1 is 1.00 bits per heavy atom. The van der Waals surface area contributed by atoms with Crippen molar-refractivity contribution in [2.75, 3.05) is 0 Å². The zero-order valence-corrected chi connectivity index (χ0v) is 19.4. The van der Waals surface area contributed by atoms with Crippen molar-refractivity contribution in [1.29, 1.82) is 0 Å². The second-order valence-electron chi connectivity index (χ2n) is 7.58. The number of para-hydroxylation sites is 1. The smallest absolute Gasteiger partial charge is 0.481 e. The van der Waals surface area contributed by atoms with Gasteiger partial charge in [-0.25, -0.2) is 12.4 Å². The molecule has 0 amide bonds. The summed E-state index contributed by atoms with van der Waals surface area (Å²) < 4.78 is 69.3. The number of carbonyl (C=O) groups is 1.